The number of esters is 2. The molecule has 1 amide bonds. The lowest BCUT2D eigenvalue weighted by atomic mass is 10.0. The Hall–Kier alpha value is -2.23. The minimum atomic E-state index is -0.704. The number of thioether (sulfide) groups is 1. The number of carbonyl (C=O) groups excluding carboxylic acids is 3. The van der Waals surface area contributed by atoms with E-state index >= 15 is 0 Å². The monoisotopic (exact) mass is 396 g/mol. The van der Waals surface area contributed by atoms with E-state index in [1.165, 1.54) is 23.6 Å². The Morgan fingerprint density at radius 1 is 1.41 bits per heavy atom. The molecular weight excluding hydrogens is 372 g/mol. The van der Waals surface area contributed by atoms with Gasteiger partial charge in [0.15, 0.2) is 5.96 Å². The van der Waals surface area contributed by atoms with Crippen LogP contribution in [0.15, 0.2) is 16.3 Å². The Bertz CT molecular complexity index is 727. The fourth-order valence-corrected chi connectivity index (χ4v) is 4.27. The molecule has 0 bridgehead atoms. The summed E-state index contributed by atoms with van der Waals surface area (Å²) >= 11 is 1.51. The minimum Gasteiger partial charge on any atom is -0.461 e. The van der Waals surface area contributed by atoms with Crippen LogP contribution in [0.5, 0.6) is 0 Å². The second-order valence-electron chi connectivity index (χ2n) is 7.42. The maximum absolute atomic E-state index is 12.8. The van der Waals surface area contributed by atoms with Crippen molar-refractivity contribution in [2.45, 2.75) is 44.7 Å². The molecule has 1 saturated heterocycles. The predicted molar refractivity (Wildman–Crippen MR) is 99.8 cm³/mol. The number of carbonyl (C=O) groups is 3. The number of amides is 1. The molecule has 1 fully saturated rings. The molecule has 0 saturated carbocycles. The zero-order valence-corrected chi connectivity index (χ0v) is 16.6. The lowest BCUT2D eigenvalue weighted by Crippen LogP contribution is -2.71. The molecule has 3 aliphatic rings. The summed E-state index contributed by atoms with van der Waals surface area (Å²) in [6.45, 7) is 7.95. The zero-order chi connectivity index (χ0) is 19.8. The highest BCUT2D eigenvalue weighted by molar-refractivity contribution is 8.00. The molecule has 3 heterocycles. The second-order valence-corrected chi connectivity index (χ2v) is 8.53. The fourth-order valence-electron chi connectivity index (χ4n) is 2.94. The van der Waals surface area contributed by atoms with Gasteiger partial charge in [-0.25, -0.2) is 4.79 Å². The number of nitrogens with one attached hydrogen (secondary N) is 2. The van der Waals surface area contributed by atoms with Crippen LogP contribution in [-0.2, 0) is 23.9 Å². The van der Waals surface area contributed by atoms with E-state index in [1.807, 2.05) is 0 Å². The van der Waals surface area contributed by atoms with Crippen LogP contribution in [-0.4, -0.2) is 71.2 Å². The molecule has 10 heteroatoms. The molecule has 0 spiro atoms. The third-order valence-electron chi connectivity index (χ3n) is 4.06. The molecular formula is C17H24N4O5S. The number of rotatable bonds is 4. The van der Waals surface area contributed by atoms with E-state index in [2.05, 4.69) is 15.6 Å². The van der Waals surface area contributed by atoms with E-state index in [1.54, 1.807) is 20.8 Å². The van der Waals surface area contributed by atoms with Gasteiger partial charge in [0, 0.05) is 24.8 Å². The SMILES string of the molecule is CC(=O)OCC1=C(C(=O)OC(C)(C)C)N2C(=O)C(NC3=NCCN3)[C@H]2SC1. The van der Waals surface area contributed by atoms with Gasteiger partial charge in [-0.2, -0.15) is 0 Å². The summed E-state index contributed by atoms with van der Waals surface area (Å²) in [4.78, 5) is 42.4. The van der Waals surface area contributed by atoms with Gasteiger partial charge in [-0.05, 0) is 20.8 Å². The Morgan fingerprint density at radius 2 is 2.15 bits per heavy atom. The average Bonchev–Trinajstić information content (AvgIpc) is 3.08. The molecule has 0 aliphatic carbocycles. The number of β-lactam (4-membered cyclic amide) rings is 1. The molecule has 0 aromatic rings. The van der Waals surface area contributed by atoms with E-state index in [9.17, 15) is 14.4 Å². The first-order valence-electron chi connectivity index (χ1n) is 8.75. The highest BCUT2D eigenvalue weighted by Gasteiger charge is 2.54. The Balaban J connectivity index is 1.82. The van der Waals surface area contributed by atoms with E-state index in [0.717, 1.165) is 6.54 Å². The molecule has 2 atom stereocenters. The van der Waals surface area contributed by atoms with Crippen molar-refractivity contribution >= 4 is 35.6 Å². The molecule has 0 aromatic carbocycles. The molecule has 148 valence electrons. The number of nitrogens with zero attached hydrogens (tertiary/aromatic N) is 2. The summed E-state index contributed by atoms with van der Waals surface area (Å²) in [5.74, 6) is -0.197. The van der Waals surface area contributed by atoms with Crippen molar-refractivity contribution < 1.29 is 23.9 Å². The average molecular weight is 396 g/mol. The lowest BCUT2D eigenvalue weighted by Gasteiger charge is -2.50. The van der Waals surface area contributed by atoms with E-state index in [4.69, 9.17) is 9.47 Å². The lowest BCUT2D eigenvalue weighted by molar-refractivity contribution is -0.158. The summed E-state index contributed by atoms with van der Waals surface area (Å²) in [6, 6.07) is -0.466. The van der Waals surface area contributed by atoms with Crippen molar-refractivity contribution in [2.75, 3.05) is 25.4 Å². The molecule has 27 heavy (non-hydrogen) atoms. The maximum atomic E-state index is 12.8. The van der Waals surface area contributed by atoms with Gasteiger partial charge in [-0.1, -0.05) is 0 Å². The predicted octanol–water partition coefficient (Wildman–Crippen LogP) is -0.0222. The summed E-state index contributed by atoms with van der Waals surface area (Å²) < 4.78 is 10.6. The molecule has 3 aliphatic heterocycles. The van der Waals surface area contributed by atoms with E-state index in [0.29, 0.717) is 23.8 Å². The minimum absolute atomic E-state index is 0.0419. The first-order valence-corrected chi connectivity index (χ1v) is 9.80. The van der Waals surface area contributed by atoms with Crippen molar-refractivity contribution in [3.05, 3.63) is 11.3 Å². The summed E-state index contributed by atoms with van der Waals surface area (Å²) in [5.41, 5.74) is 0.0493. The largest absolute Gasteiger partial charge is 0.461 e. The number of aliphatic imine (C=N–C) groups is 1. The van der Waals surface area contributed by atoms with Crippen molar-refractivity contribution in [2.24, 2.45) is 4.99 Å². The van der Waals surface area contributed by atoms with Gasteiger partial charge in [0.25, 0.3) is 5.91 Å². The quantitative estimate of drug-likeness (QED) is 0.504. The molecule has 0 radical (unpaired) electrons. The highest BCUT2D eigenvalue weighted by Crippen LogP contribution is 2.41. The standard InChI is InChI=1S/C17H24N4O5S/c1-9(22)25-7-10-8-27-14-11(20-16-18-5-6-19-16)13(23)21(14)12(10)15(24)26-17(2,3)4/h11,14H,5-8H2,1-4H3,(H2,18,19,20)/t11?,14-/m1/s1. The molecule has 2 N–H and O–H groups in total. The smallest absolute Gasteiger partial charge is 0.355 e. The second kappa shape index (κ2) is 7.41. The Morgan fingerprint density at radius 3 is 2.74 bits per heavy atom. The van der Waals surface area contributed by atoms with Gasteiger partial charge in [-0.15, -0.1) is 11.8 Å². The summed E-state index contributed by atoms with van der Waals surface area (Å²) in [7, 11) is 0. The topological polar surface area (TPSA) is 109 Å². The molecule has 0 aromatic heterocycles. The van der Waals surface area contributed by atoms with Crippen LogP contribution in [0.25, 0.3) is 0 Å². The normalized spacial score (nSPS) is 24.5. The summed E-state index contributed by atoms with van der Waals surface area (Å²) in [6.07, 6.45) is 0. The summed E-state index contributed by atoms with van der Waals surface area (Å²) in [5, 5.41) is 5.94. The van der Waals surface area contributed by atoms with Gasteiger partial charge in [-0.3, -0.25) is 19.5 Å². The van der Waals surface area contributed by atoms with Gasteiger partial charge < -0.3 is 20.1 Å². The van der Waals surface area contributed by atoms with Crippen LogP contribution < -0.4 is 10.6 Å². The molecule has 1 unspecified atom stereocenters. The Kier molecular flexibility index (Phi) is 5.36. The number of ether oxygens (including phenoxy) is 2. The van der Waals surface area contributed by atoms with Crippen LogP contribution in [0.4, 0.5) is 0 Å². The number of fused-ring (bicyclic) bond motifs is 1. The third-order valence-corrected chi connectivity index (χ3v) is 5.40. The van der Waals surface area contributed by atoms with E-state index in [-0.39, 0.29) is 23.6 Å². The van der Waals surface area contributed by atoms with Crippen molar-refractivity contribution in [3.8, 4) is 0 Å². The third kappa shape index (κ3) is 4.20. The molecule has 9 nitrogen and oxygen atoms in total. The van der Waals surface area contributed by atoms with Crippen LogP contribution in [0, 0.1) is 0 Å². The van der Waals surface area contributed by atoms with E-state index < -0.39 is 23.6 Å². The van der Waals surface area contributed by atoms with Crippen LogP contribution in [0.2, 0.25) is 0 Å². The highest BCUT2D eigenvalue weighted by atomic mass is 32.2. The first kappa shape index (κ1) is 19.5. The zero-order valence-electron chi connectivity index (χ0n) is 15.8. The van der Waals surface area contributed by atoms with Crippen molar-refractivity contribution in [1.82, 2.24) is 15.5 Å². The molecule has 3 rings (SSSR count). The van der Waals surface area contributed by atoms with Crippen molar-refractivity contribution in [3.63, 3.8) is 0 Å². The number of hydrogen-bond donors (Lipinski definition) is 2. The number of guanidine groups is 1. The fraction of sp³-hybridized carbons (Fsp3) is 0.647. The van der Waals surface area contributed by atoms with Gasteiger partial charge >= 0.3 is 11.9 Å². The van der Waals surface area contributed by atoms with Gasteiger partial charge in [0.1, 0.15) is 29.3 Å². The van der Waals surface area contributed by atoms with Crippen LogP contribution >= 0.6 is 11.8 Å². The van der Waals surface area contributed by atoms with Gasteiger partial charge in [0.2, 0.25) is 0 Å². The maximum Gasteiger partial charge on any atom is 0.355 e. The first-order chi connectivity index (χ1) is 12.7. The Labute approximate surface area is 161 Å². The van der Waals surface area contributed by atoms with Crippen LogP contribution in [0.1, 0.15) is 27.7 Å². The van der Waals surface area contributed by atoms with Gasteiger partial charge in [0.05, 0.1) is 6.54 Å². The van der Waals surface area contributed by atoms with Crippen LogP contribution in [0.3, 0.4) is 0 Å². The number of hydrogen-bond acceptors (Lipinski definition) is 9. The van der Waals surface area contributed by atoms with Crippen molar-refractivity contribution in [1.29, 1.82) is 0 Å².